The lowest BCUT2D eigenvalue weighted by Crippen LogP contribution is -2.43. The molecular weight excluding hydrogens is 489 g/mol. The fourth-order valence-electron chi connectivity index (χ4n) is 4.13. The number of methoxy groups -OCH3 is 2. The van der Waals surface area contributed by atoms with Gasteiger partial charge in [-0.25, -0.2) is 9.18 Å². The number of carbonyl (C=O) groups is 2. The Morgan fingerprint density at radius 1 is 1.03 bits per heavy atom. The van der Waals surface area contributed by atoms with Crippen LogP contribution in [-0.4, -0.2) is 80.9 Å². The molecule has 0 aromatic heterocycles. The molecule has 0 aliphatic rings. The maximum absolute atomic E-state index is 14.9. The molecule has 2 amide bonds. The zero-order chi connectivity index (χ0) is 26.9. The highest BCUT2D eigenvalue weighted by Crippen LogP contribution is 2.41. The number of carbonyl (C=O) groups excluding carboxylic acids is 1. The summed E-state index contributed by atoms with van der Waals surface area (Å²) < 4.78 is 26.3. The Kier molecular flexibility index (Phi) is 11.1. The SMILES string of the molecule is CCN(CC)CCCN(CC(=O)N(C)c1ccc(Cl)cc1C(OC)(OC)c1ccccc1F)C(=O)O. The number of nitrogens with zero attached hydrogens (tertiary/aromatic N) is 3. The molecule has 36 heavy (non-hydrogen) atoms. The quantitative estimate of drug-likeness (QED) is 0.385. The second kappa shape index (κ2) is 13.5. The van der Waals surface area contributed by atoms with Gasteiger partial charge >= 0.3 is 6.09 Å². The Balaban J connectivity index is 2.38. The van der Waals surface area contributed by atoms with Gasteiger partial charge in [-0.2, -0.15) is 0 Å². The number of halogens is 2. The summed E-state index contributed by atoms with van der Waals surface area (Å²) in [4.78, 5) is 29.7. The minimum absolute atomic E-state index is 0.0999. The number of amides is 2. The van der Waals surface area contributed by atoms with Gasteiger partial charge in [0.1, 0.15) is 12.4 Å². The summed E-state index contributed by atoms with van der Waals surface area (Å²) in [5, 5.41) is 10.00. The molecule has 0 fully saturated rings. The molecule has 0 atom stereocenters. The minimum atomic E-state index is -1.71. The third kappa shape index (κ3) is 6.73. The van der Waals surface area contributed by atoms with Crippen LogP contribution in [0.1, 0.15) is 31.4 Å². The van der Waals surface area contributed by atoms with E-state index < -0.39 is 23.6 Å². The van der Waals surface area contributed by atoms with Crippen molar-refractivity contribution in [3.8, 4) is 0 Å². The molecule has 0 unspecified atom stereocenters. The highest BCUT2D eigenvalue weighted by atomic mass is 35.5. The van der Waals surface area contributed by atoms with E-state index in [1.807, 2.05) is 13.8 Å². The van der Waals surface area contributed by atoms with Gasteiger partial charge < -0.3 is 24.4 Å². The van der Waals surface area contributed by atoms with Gasteiger partial charge in [0, 0.05) is 38.4 Å². The van der Waals surface area contributed by atoms with Gasteiger partial charge in [0.25, 0.3) is 0 Å². The van der Waals surface area contributed by atoms with E-state index in [9.17, 15) is 19.1 Å². The van der Waals surface area contributed by atoms with Gasteiger partial charge in [0.15, 0.2) is 0 Å². The molecule has 10 heteroatoms. The highest BCUT2D eigenvalue weighted by Gasteiger charge is 2.40. The first kappa shape index (κ1) is 29.5. The predicted octanol–water partition coefficient (Wildman–Crippen LogP) is 4.65. The fourth-order valence-corrected chi connectivity index (χ4v) is 4.30. The van der Waals surface area contributed by atoms with E-state index in [0.29, 0.717) is 22.7 Å². The van der Waals surface area contributed by atoms with Crippen molar-refractivity contribution < 1.29 is 28.6 Å². The van der Waals surface area contributed by atoms with Gasteiger partial charge in [-0.1, -0.05) is 43.6 Å². The molecule has 0 heterocycles. The molecule has 0 aliphatic carbocycles. The molecule has 198 valence electrons. The van der Waals surface area contributed by atoms with Crippen molar-refractivity contribution >= 4 is 29.3 Å². The zero-order valence-corrected chi connectivity index (χ0v) is 22.2. The average molecular weight is 524 g/mol. The van der Waals surface area contributed by atoms with Crippen molar-refractivity contribution in [3.63, 3.8) is 0 Å². The maximum Gasteiger partial charge on any atom is 0.407 e. The van der Waals surface area contributed by atoms with E-state index in [1.54, 1.807) is 30.3 Å². The Hall–Kier alpha value is -2.72. The van der Waals surface area contributed by atoms with E-state index >= 15 is 0 Å². The smallest absolute Gasteiger partial charge is 0.407 e. The largest absolute Gasteiger partial charge is 0.465 e. The Morgan fingerprint density at radius 2 is 1.67 bits per heavy atom. The lowest BCUT2D eigenvalue weighted by molar-refractivity contribution is -0.185. The highest BCUT2D eigenvalue weighted by molar-refractivity contribution is 6.30. The normalized spacial score (nSPS) is 11.6. The zero-order valence-electron chi connectivity index (χ0n) is 21.5. The van der Waals surface area contributed by atoms with Crippen LogP contribution >= 0.6 is 11.6 Å². The van der Waals surface area contributed by atoms with Crippen molar-refractivity contribution in [3.05, 3.63) is 64.4 Å². The van der Waals surface area contributed by atoms with E-state index in [0.717, 1.165) is 24.5 Å². The molecule has 1 N–H and O–H groups in total. The van der Waals surface area contributed by atoms with Gasteiger partial charge in [-0.3, -0.25) is 9.69 Å². The van der Waals surface area contributed by atoms with Crippen molar-refractivity contribution in [1.82, 2.24) is 9.80 Å². The number of anilines is 1. The number of hydrogen-bond donors (Lipinski definition) is 1. The molecule has 0 bridgehead atoms. The van der Waals surface area contributed by atoms with E-state index in [4.69, 9.17) is 21.1 Å². The first-order valence-electron chi connectivity index (χ1n) is 11.8. The molecule has 2 aromatic carbocycles. The number of benzene rings is 2. The predicted molar refractivity (Wildman–Crippen MR) is 138 cm³/mol. The third-order valence-electron chi connectivity index (χ3n) is 6.25. The van der Waals surface area contributed by atoms with Crippen LogP contribution in [0, 0.1) is 5.82 Å². The number of rotatable bonds is 13. The molecule has 0 saturated carbocycles. The van der Waals surface area contributed by atoms with E-state index in [2.05, 4.69) is 4.90 Å². The number of likely N-dealkylation sites (N-methyl/N-ethyl adjacent to an activating group) is 1. The van der Waals surface area contributed by atoms with Crippen molar-refractivity contribution in [1.29, 1.82) is 0 Å². The maximum atomic E-state index is 14.9. The van der Waals surface area contributed by atoms with Crippen molar-refractivity contribution in [2.24, 2.45) is 0 Å². The molecule has 0 radical (unpaired) electrons. The van der Waals surface area contributed by atoms with Crippen molar-refractivity contribution in [2.45, 2.75) is 26.1 Å². The molecule has 8 nitrogen and oxygen atoms in total. The van der Waals surface area contributed by atoms with Crippen LogP contribution in [0.15, 0.2) is 42.5 Å². The molecular formula is C26H35ClFN3O5. The van der Waals surface area contributed by atoms with Crippen LogP contribution in [0.25, 0.3) is 0 Å². The van der Waals surface area contributed by atoms with Gasteiger partial charge in [0.2, 0.25) is 11.7 Å². The standard InChI is InChI=1S/C26H35ClFN3O5/c1-6-30(7-2)15-10-16-31(25(33)34)18-24(32)29(3)23-14-13-19(27)17-21(23)26(35-4,36-5)20-11-8-9-12-22(20)28/h8-9,11-14,17H,6-7,10,15-16,18H2,1-5H3,(H,33,34). The summed E-state index contributed by atoms with van der Waals surface area (Å²) in [7, 11) is 4.25. The summed E-state index contributed by atoms with van der Waals surface area (Å²) in [6, 6.07) is 10.7. The number of hydrogen-bond acceptors (Lipinski definition) is 5. The first-order valence-corrected chi connectivity index (χ1v) is 12.1. The van der Waals surface area contributed by atoms with E-state index in [1.165, 1.54) is 38.3 Å². The lowest BCUT2D eigenvalue weighted by atomic mass is 9.94. The van der Waals surface area contributed by atoms with Crippen LogP contribution in [0.4, 0.5) is 14.9 Å². The summed E-state index contributed by atoms with van der Waals surface area (Å²) >= 11 is 6.28. The summed E-state index contributed by atoms with van der Waals surface area (Å²) in [6.45, 7) is 6.42. The molecule has 0 spiro atoms. The van der Waals surface area contributed by atoms with Crippen LogP contribution in [0.3, 0.4) is 0 Å². The van der Waals surface area contributed by atoms with Crippen LogP contribution < -0.4 is 4.90 Å². The Labute approximate surface area is 217 Å². The number of carboxylic acid groups (broad SMARTS) is 1. The minimum Gasteiger partial charge on any atom is -0.465 e. The fraction of sp³-hybridized carbons (Fsp3) is 0.462. The van der Waals surface area contributed by atoms with Crippen molar-refractivity contribution in [2.75, 3.05) is 58.9 Å². The van der Waals surface area contributed by atoms with Crippen LogP contribution in [0.2, 0.25) is 5.02 Å². The van der Waals surface area contributed by atoms with E-state index in [-0.39, 0.29) is 18.7 Å². The summed E-state index contributed by atoms with van der Waals surface area (Å²) in [6.07, 6.45) is -0.580. The lowest BCUT2D eigenvalue weighted by Gasteiger charge is -2.35. The molecule has 2 aromatic rings. The second-order valence-corrected chi connectivity index (χ2v) is 8.64. The monoisotopic (exact) mass is 523 g/mol. The topological polar surface area (TPSA) is 82.5 Å². The Bertz CT molecular complexity index is 1030. The summed E-state index contributed by atoms with van der Waals surface area (Å²) in [5.41, 5.74) is 0.733. The molecule has 0 aliphatic heterocycles. The summed E-state index contributed by atoms with van der Waals surface area (Å²) in [5.74, 6) is -2.75. The number of ether oxygens (including phenoxy) is 2. The van der Waals surface area contributed by atoms with Crippen LogP contribution in [0.5, 0.6) is 0 Å². The second-order valence-electron chi connectivity index (χ2n) is 8.20. The average Bonchev–Trinajstić information content (AvgIpc) is 2.87. The van der Waals surface area contributed by atoms with Crippen LogP contribution in [-0.2, 0) is 20.1 Å². The van der Waals surface area contributed by atoms with Gasteiger partial charge in [-0.05, 0) is 50.3 Å². The molecule has 2 rings (SSSR count). The first-order chi connectivity index (χ1) is 17.1. The molecule has 0 saturated heterocycles. The van der Waals surface area contributed by atoms with Gasteiger partial charge in [-0.15, -0.1) is 0 Å². The third-order valence-corrected chi connectivity index (χ3v) is 6.48. The Morgan fingerprint density at radius 3 is 2.22 bits per heavy atom. The van der Waals surface area contributed by atoms with Gasteiger partial charge in [0.05, 0.1) is 11.3 Å².